The third kappa shape index (κ3) is 3.58. The molecule has 1 aromatic heterocycles. The summed E-state index contributed by atoms with van der Waals surface area (Å²) in [5.41, 5.74) is 1.55. The summed E-state index contributed by atoms with van der Waals surface area (Å²) < 4.78 is 14.9. The van der Waals surface area contributed by atoms with Gasteiger partial charge in [0.05, 0.1) is 11.3 Å². The van der Waals surface area contributed by atoms with Gasteiger partial charge in [-0.2, -0.15) is 0 Å². The highest BCUT2D eigenvalue weighted by Crippen LogP contribution is 2.24. The van der Waals surface area contributed by atoms with Crippen LogP contribution in [-0.2, 0) is 0 Å². The third-order valence-corrected chi connectivity index (χ3v) is 3.54. The molecule has 0 radical (unpaired) electrons. The second-order valence-electron chi connectivity index (χ2n) is 4.49. The molecule has 0 fully saturated rings. The van der Waals surface area contributed by atoms with E-state index in [1.54, 1.807) is 0 Å². The quantitative estimate of drug-likeness (QED) is 0.875. The average molecular weight is 352 g/mol. The Balaban J connectivity index is 2.28. The molecule has 0 atom stereocenters. The lowest BCUT2D eigenvalue weighted by Gasteiger charge is -2.10. The number of benzene rings is 1. The van der Waals surface area contributed by atoms with E-state index in [0.717, 1.165) is 10.0 Å². The Kier molecular flexibility index (Phi) is 4.90. The van der Waals surface area contributed by atoms with E-state index < -0.39 is 11.7 Å². The van der Waals surface area contributed by atoms with Crippen LogP contribution in [0.5, 0.6) is 0 Å². The molecule has 0 spiro atoms. The van der Waals surface area contributed by atoms with Crippen LogP contribution >= 0.6 is 15.9 Å². The minimum atomic E-state index is -0.652. The minimum Gasteiger partial charge on any atom is -0.368 e. The number of anilines is 2. The summed E-state index contributed by atoms with van der Waals surface area (Å²) in [6.45, 7) is 4.27. The molecule has 0 saturated carbocycles. The fourth-order valence-electron chi connectivity index (χ4n) is 1.83. The van der Waals surface area contributed by atoms with Crippen LogP contribution in [0.2, 0.25) is 0 Å². The zero-order valence-corrected chi connectivity index (χ0v) is 13.3. The largest absolute Gasteiger partial charge is 0.368 e. The Morgan fingerprint density at radius 3 is 2.86 bits per heavy atom. The van der Waals surface area contributed by atoms with Crippen LogP contribution in [0.3, 0.4) is 0 Å². The van der Waals surface area contributed by atoms with Gasteiger partial charge < -0.3 is 10.6 Å². The summed E-state index contributed by atoms with van der Waals surface area (Å²) >= 11 is 3.36. The maximum atomic E-state index is 14.2. The van der Waals surface area contributed by atoms with Gasteiger partial charge in [0.15, 0.2) is 11.6 Å². The van der Waals surface area contributed by atoms with Crippen molar-refractivity contribution in [3.8, 4) is 0 Å². The molecule has 2 aromatic rings. The Bertz CT molecular complexity index is 676. The van der Waals surface area contributed by atoms with E-state index in [9.17, 15) is 9.18 Å². The molecule has 1 amide bonds. The molecule has 4 nitrogen and oxygen atoms in total. The van der Waals surface area contributed by atoms with Crippen molar-refractivity contribution in [2.24, 2.45) is 0 Å². The molecule has 21 heavy (non-hydrogen) atoms. The summed E-state index contributed by atoms with van der Waals surface area (Å²) in [5, 5.41) is 5.48. The summed E-state index contributed by atoms with van der Waals surface area (Å²) in [5.74, 6) is -1.09. The molecular formula is C15H15BrFN3O. The first-order valence-corrected chi connectivity index (χ1v) is 7.28. The lowest BCUT2D eigenvalue weighted by Crippen LogP contribution is -2.16. The Morgan fingerprint density at radius 1 is 1.38 bits per heavy atom. The molecule has 2 N–H and O–H groups in total. The van der Waals surface area contributed by atoms with E-state index in [1.807, 2.05) is 32.0 Å². The number of pyridine rings is 1. The highest BCUT2D eigenvalue weighted by molar-refractivity contribution is 9.10. The van der Waals surface area contributed by atoms with Crippen LogP contribution in [0.4, 0.5) is 15.9 Å². The van der Waals surface area contributed by atoms with Crippen LogP contribution in [0.15, 0.2) is 34.9 Å². The van der Waals surface area contributed by atoms with Gasteiger partial charge in [-0.15, -0.1) is 0 Å². The maximum absolute atomic E-state index is 14.2. The van der Waals surface area contributed by atoms with Gasteiger partial charge >= 0.3 is 0 Å². The SMILES string of the molecule is CCNc1nccc(C(=O)Nc2cc(C)ccc2Br)c1F. The summed E-state index contributed by atoms with van der Waals surface area (Å²) in [6.07, 6.45) is 1.40. The number of hydrogen-bond acceptors (Lipinski definition) is 3. The molecule has 1 aromatic carbocycles. The normalized spacial score (nSPS) is 10.3. The molecule has 1 heterocycles. The predicted octanol–water partition coefficient (Wildman–Crippen LogP) is 3.98. The number of amides is 1. The van der Waals surface area contributed by atoms with Crippen molar-refractivity contribution in [3.63, 3.8) is 0 Å². The molecule has 0 aliphatic carbocycles. The zero-order valence-electron chi connectivity index (χ0n) is 11.7. The van der Waals surface area contributed by atoms with Gasteiger partial charge in [0, 0.05) is 17.2 Å². The van der Waals surface area contributed by atoms with Crippen molar-refractivity contribution in [1.29, 1.82) is 0 Å². The molecule has 0 saturated heterocycles. The number of nitrogens with one attached hydrogen (secondary N) is 2. The number of carbonyl (C=O) groups is 1. The van der Waals surface area contributed by atoms with Gasteiger partial charge in [0.1, 0.15) is 0 Å². The highest BCUT2D eigenvalue weighted by atomic mass is 79.9. The Labute approximate surface area is 130 Å². The minimum absolute atomic E-state index is 0.0469. The van der Waals surface area contributed by atoms with Crippen molar-refractivity contribution in [1.82, 2.24) is 4.98 Å². The van der Waals surface area contributed by atoms with Gasteiger partial charge in [-0.3, -0.25) is 4.79 Å². The fraction of sp³-hybridized carbons (Fsp3) is 0.200. The topological polar surface area (TPSA) is 54.0 Å². The summed E-state index contributed by atoms with van der Waals surface area (Å²) in [7, 11) is 0. The summed E-state index contributed by atoms with van der Waals surface area (Å²) in [6, 6.07) is 6.91. The van der Waals surface area contributed by atoms with E-state index in [1.165, 1.54) is 12.3 Å². The smallest absolute Gasteiger partial charge is 0.258 e. The first-order valence-electron chi connectivity index (χ1n) is 6.48. The number of rotatable bonds is 4. The van der Waals surface area contributed by atoms with Gasteiger partial charge in [-0.1, -0.05) is 6.07 Å². The van der Waals surface area contributed by atoms with Crippen LogP contribution in [0.1, 0.15) is 22.8 Å². The van der Waals surface area contributed by atoms with E-state index in [0.29, 0.717) is 12.2 Å². The lowest BCUT2D eigenvalue weighted by atomic mass is 10.2. The number of aromatic nitrogens is 1. The van der Waals surface area contributed by atoms with Crippen molar-refractivity contribution < 1.29 is 9.18 Å². The van der Waals surface area contributed by atoms with Crippen molar-refractivity contribution in [2.45, 2.75) is 13.8 Å². The monoisotopic (exact) mass is 351 g/mol. The number of nitrogens with zero attached hydrogens (tertiary/aromatic N) is 1. The molecule has 2 rings (SSSR count). The van der Waals surface area contributed by atoms with Gasteiger partial charge in [-0.05, 0) is 53.5 Å². The van der Waals surface area contributed by atoms with E-state index in [2.05, 4.69) is 31.5 Å². The third-order valence-electron chi connectivity index (χ3n) is 2.85. The van der Waals surface area contributed by atoms with Crippen LogP contribution in [0.25, 0.3) is 0 Å². The van der Waals surface area contributed by atoms with Crippen LogP contribution < -0.4 is 10.6 Å². The zero-order chi connectivity index (χ0) is 15.4. The van der Waals surface area contributed by atoms with E-state index in [-0.39, 0.29) is 11.4 Å². The van der Waals surface area contributed by atoms with E-state index >= 15 is 0 Å². The van der Waals surface area contributed by atoms with Crippen molar-refractivity contribution >= 4 is 33.3 Å². The van der Waals surface area contributed by atoms with Crippen LogP contribution in [-0.4, -0.2) is 17.4 Å². The lowest BCUT2D eigenvalue weighted by molar-refractivity contribution is 0.102. The van der Waals surface area contributed by atoms with Gasteiger partial charge in [0.2, 0.25) is 0 Å². The molecule has 0 bridgehead atoms. The van der Waals surface area contributed by atoms with Crippen molar-refractivity contribution in [2.75, 3.05) is 17.2 Å². The number of halogens is 2. The molecule has 6 heteroatoms. The average Bonchev–Trinajstić information content (AvgIpc) is 2.45. The highest BCUT2D eigenvalue weighted by Gasteiger charge is 2.16. The van der Waals surface area contributed by atoms with E-state index in [4.69, 9.17) is 0 Å². The Hall–Kier alpha value is -1.95. The standard InChI is InChI=1S/C15H15BrFN3O/c1-3-18-14-13(17)10(6-7-19-14)15(21)20-12-8-9(2)4-5-11(12)16/h4-8H,3H2,1-2H3,(H,18,19)(H,20,21). The van der Waals surface area contributed by atoms with Crippen LogP contribution in [0, 0.1) is 12.7 Å². The maximum Gasteiger partial charge on any atom is 0.258 e. The number of hydrogen-bond donors (Lipinski definition) is 2. The first kappa shape index (κ1) is 15.4. The first-order chi connectivity index (χ1) is 10.0. The number of carbonyl (C=O) groups excluding carboxylic acids is 1. The Morgan fingerprint density at radius 2 is 2.14 bits per heavy atom. The molecule has 0 aliphatic heterocycles. The second kappa shape index (κ2) is 6.67. The summed E-state index contributed by atoms with van der Waals surface area (Å²) in [4.78, 5) is 16.1. The van der Waals surface area contributed by atoms with Crippen molar-refractivity contribution in [3.05, 3.63) is 51.9 Å². The molecule has 0 aliphatic rings. The number of aryl methyl sites for hydroxylation is 1. The van der Waals surface area contributed by atoms with Gasteiger partial charge in [-0.25, -0.2) is 9.37 Å². The van der Waals surface area contributed by atoms with Gasteiger partial charge in [0.25, 0.3) is 5.91 Å². The molecule has 110 valence electrons. The molecular weight excluding hydrogens is 337 g/mol. The predicted molar refractivity (Wildman–Crippen MR) is 85.2 cm³/mol. The fourth-order valence-corrected chi connectivity index (χ4v) is 2.18. The molecule has 0 unspecified atom stereocenters. The second-order valence-corrected chi connectivity index (χ2v) is 5.34.